The van der Waals surface area contributed by atoms with Crippen molar-refractivity contribution in [2.75, 3.05) is 43.6 Å². The van der Waals surface area contributed by atoms with E-state index in [2.05, 4.69) is 32.4 Å². The van der Waals surface area contributed by atoms with Crippen LogP contribution in [0.3, 0.4) is 0 Å². The Morgan fingerprint density at radius 1 is 1.52 bits per heavy atom. The second-order valence-electron chi connectivity index (χ2n) is 5.79. The van der Waals surface area contributed by atoms with Crippen molar-refractivity contribution in [3.63, 3.8) is 0 Å². The van der Waals surface area contributed by atoms with Crippen LogP contribution in [0.2, 0.25) is 5.15 Å². The minimum Gasteiger partial charge on any atom is -0.385 e. The van der Waals surface area contributed by atoms with E-state index in [9.17, 15) is 0 Å². The molecule has 2 rings (SSSR count). The summed E-state index contributed by atoms with van der Waals surface area (Å²) in [5.41, 5.74) is 0. The Hall–Kier alpha value is -1.18. The highest BCUT2D eigenvalue weighted by atomic mass is 35.5. The van der Waals surface area contributed by atoms with Crippen LogP contribution in [0.25, 0.3) is 0 Å². The third-order valence-corrected chi connectivity index (χ3v) is 4.14. The molecule has 0 amide bonds. The van der Waals surface area contributed by atoms with Crippen LogP contribution in [0.4, 0.5) is 11.8 Å². The van der Waals surface area contributed by atoms with Gasteiger partial charge < -0.3 is 20.3 Å². The Labute approximate surface area is 148 Å². The quantitative estimate of drug-likeness (QED) is 0.461. The Morgan fingerprint density at radius 3 is 3.09 bits per heavy atom. The summed E-state index contributed by atoms with van der Waals surface area (Å²) in [6, 6.07) is 1.81. The van der Waals surface area contributed by atoms with Crippen LogP contribution in [0.1, 0.15) is 26.2 Å². The van der Waals surface area contributed by atoms with Crippen molar-refractivity contribution in [2.24, 2.45) is 5.92 Å². The molecule has 0 aliphatic carbocycles. The van der Waals surface area contributed by atoms with Crippen molar-refractivity contribution in [3.05, 3.63) is 11.2 Å². The summed E-state index contributed by atoms with van der Waals surface area (Å²) in [5, 5.41) is 6.99. The molecule has 8 heteroatoms. The number of nitrogens with one attached hydrogen (secondary N) is 2. The maximum atomic E-state index is 6.14. The van der Waals surface area contributed by atoms with Gasteiger partial charge in [0.25, 0.3) is 0 Å². The summed E-state index contributed by atoms with van der Waals surface area (Å²) in [6.07, 6.45) is 3.31. The Kier molecular flexibility index (Phi) is 7.26. The number of nitrogens with zero attached hydrogens (tertiary/aromatic N) is 3. The average Bonchev–Trinajstić information content (AvgIpc) is 2.51. The highest BCUT2D eigenvalue weighted by molar-refractivity contribution is 7.80. The first-order chi connectivity index (χ1) is 11.1. The molecular formula is C15H24ClN5OS. The van der Waals surface area contributed by atoms with Crippen molar-refractivity contribution in [1.29, 1.82) is 0 Å². The lowest BCUT2D eigenvalue weighted by Gasteiger charge is -2.32. The zero-order chi connectivity index (χ0) is 16.7. The predicted molar refractivity (Wildman–Crippen MR) is 98.4 cm³/mol. The van der Waals surface area contributed by atoms with Crippen LogP contribution in [0.15, 0.2) is 6.07 Å². The molecule has 2 N–H and O–H groups in total. The zero-order valence-corrected chi connectivity index (χ0v) is 15.2. The molecule has 1 saturated heterocycles. The van der Waals surface area contributed by atoms with Gasteiger partial charge in [-0.1, -0.05) is 18.5 Å². The normalized spacial score (nSPS) is 17.9. The molecule has 1 aliphatic heterocycles. The highest BCUT2D eigenvalue weighted by Crippen LogP contribution is 2.24. The molecule has 1 unspecified atom stereocenters. The monoisotopic (exact) mass is 357 g/mol. The van der Waals surface area contributed by atoms with E-state index in [-0.39, 0.29) is 0 Å². The molecule has 1 fully saturated rings. The van der Waals surface area contributed by atoms with Crippen molar-refractivity contribution in [2.45, 2.75) is 26.2 Å². The van der Waals surface area contributed by atoms with Crippen LogP contribution in [0.5, 0.6) is 0 Å². The molecule has 6 nitrogen and oxygen atoms in total. The molecule has 1 aromatic heterocycles. The third kappa shape index (κ3) is 6.08. The molecule has 1 aliphatic rings. The number of hydrogen-bond acceptors (Lipinski definition) is 5. The molecule has 0 radical (unpaired) electrons. The second-order valence-corrected chi connectivity index (χ2v) is 6.59. The third-order valence-electron chi connectivity index (χ3n) is 3.70. The van der Waals surface area contributed by atoms with Crippen LogP contribution in [-0.2, 0) is 4.74 Å². The lowest BCUT2D eigenvalue weighted by atomic mass is 10.0. The number of methoxy groups -OCH3 is 1. The maximum absolute atomic E-state index is 6.14. The Balaban J connectivity index is 1.95. The molecule has 0 bridgehead atoms. The van der Waals surface area contributed by atoms with Gasteiger partial charge >= 0.3 is 0 Å². The first-order valence-electron chi connectivity index (χ1n) is 7.92. The lowest BCUT2D eigenvalue weighted by molar-refractivity contribution is 0.196. The van der Waals surface area contributed by atoms with Gasteiger partial charge in [0.15, 0.2) is 5.11 Å². The Bertz CT molecular complexity index is 531. The topological polar surface area (TPSA) is 62.3 Å². The van der Waals surface area contributed by atoms with Gasteiger partial charge in [-0.15, -0.1) is 0 Å². The molecule has 2 heterocycles. The number of ether oxygens (including phenoxy) is 1. The van der Waals surface area contributed by atoms with Crippen molar-refractivity contribution < 1.29 is 4.74 Å². The number of thiocarbonyl (C=S) groups is 1. The maximum Gasteiger partial charge on any atom is 0.232 e. The average molecular weight is 358 g/mol. The predicted octanol–water partition coefficient (Wildman–Crippen LogP) is 2.69. The fourth-order valence-electron chi connectivity index (χ4n) is 2.59. The van der Waals surface area contributed by atoms with E-state index in [0.29, 0.717) is 28.7 Å². The van der Waals surface area contributed by atoms with E-state index in [1.165, 1.54) is 12.8 Å². The van der Waals surface area contributed by atoms with Crippen LogP contribution < -0.4 is 15.5 Å². The molecule has 128 valence electrons. The smallest absolute Gasteiger partial charge is 0.232 e. The SMILES string of the molecule is COCCCNC(=S)Nc1nc(Cl)cc(N2CCCC(C)C2)n1. The summed E-state index contributed by atoms with van der Waals surface area (Å²) in [7, 11) is 1.68. The molecule has 0 aromatic carbocycles. The van der Waals surface area contributed by atoms with Gasteiger partial charge in [0, 0.05) is 39.4 Å². The molecule has 1 aromatic rings. The first-order valence-corrected chi connectivity index (χ1v) is 8.70. The van der Waals surface area contributed by atoms with Crippen molar-refractivity contribution in [3.8, 4) is 0 Å². The lowest BCUT2D eigenvalue weighted by Crippen LogP contribution is -2.35. The van der Waals surface area contributed by atoms with E-state index in [0.717, 1.165) is 31.9 Å². The number of piperidine rings is 1. The molecular weight excluding hydrogens is 334 g/mol. The van der Waals surface area contributed by atoms with E-state index >= 15 is 0 Å². The largest absolute Gasteiger partial charge is 0.385 e. The summed E-state index contributed by atoms with van der Waals surface area (Å²) in [4.78, 5) is 11.0. The zero-order valence-electron chi connectivity index (χ0n) is 13.6. The van der Waals surface area contributed by atoms with Crippen molar-refractivity contribution >= 4 is 40.7 Å². The van der Waals surface area contributed by atoms with Crippen LogP contribution >= 0.6 is 23.8 Å². The molecule has 1 atom stereocenters. The number of hydrogen-bond donors (Lipinski definition) is 2. The summed E-state index contributed by atoms with van der Waals surface area (Å²) in [6.45, 7) is 5.67. The van der Waals surface area contributed by atoms with Gasteiger partial charge in [-0.2, -0.15) is 4.98 Å². The van der Waals surface area contributed by atoms with E-state index < -0.39 is 0 Å². The molecule has 0 spiro atoms. The standard InChI is InChI=1S/C15H24ClN5OS/c1-11-5-3-7-21(10-11)13-9-12(16)18-14(19-13)20-15(23)17-6-4-8-22-2/h9,11H,3-8,10H2,1-2H3,(H2,17,18,19,20,23). The van der Waals surface area contributed by atoms with Gasteiger partial charge in [0.2, 0.25) is 5.95 Å². The fourth-order valence-corrected chi connectivity index (χ4v) is 2.96. The van der Waals surface area contributed by atoms with Gasteiger partial charge in [0.1, 0.15) is 11.0 Å². The summed E-state index contributed by atoms with van der Waals surface area (Å²) >= 11 is 11.4. The number of aromatic nitrogens is 2. The number of halogens is 1. The number of anilines is 2. The van der Waals surface area contributed by atoms with Gasteiger partial charge in [0.05, 0.1) is 0 Å². The highest BCUT2D eigenvalue weighted by Gasteiger charge is 2.19. The minimum absolute atomic E-state index is 0.415. The van der Waals surface area contributed by atoms with E-state index in [1.54, 1.807) is 13.2 Å². The van der Waals surface area contributed by atoms with Gasteiger partial charge in [-0.25, -0.2) is 4.98 Å². The van der Waals surface area contributed by atoms with Gasteiger partial charge in [-0.05, 0) is 37.4 Å². The van der Waals surface area contributed by atoms with Crippen LogP contribution in [-0.4, -0.2) is 48.4 Å². The minimum atomic E-state index is 0.415. The summed E-state index contributed by atoms with van der Waals surface area (Å²) < 4.78 is 5.00. The Morgan fingerprint density at radius 2 is 2.35 bits per heavy atom. The van der Waals surface area contributed by atoms with E-state index in [4.69, 9.17) is 28.6 Å². The number of rotatable bonds is 6. The molecule has 23 heavy (non-hydrogen) atoms. The van der Waals surface area contributed by atoms with Gasteiger partial charge in [-0.3, -0.25) is 0 Å². The summed E-state index contributed by atoms with van der Waals surface area (Å²) in [5.74, 6) is 1.94. The van der Waals surface area contributed by atoms with Crippen LogP contribution in [0, 0.1) is 5.92 Å². The first kappa shape index (κ1) is 18.2. The van der Waals surface area contributed by atoms with E-state index in [1.807, 2.05) is 0 Å². The van der Waals surface area contributed by atoms with Crippen molar-refractivity contribution in [1.82, 2.24) is 15.3 Å². The second kappa shape index (κ2) is 9.20. The fraction of sp³-hybridized carbons (Fsp3) is 0.667. The molecule has 0 saturated carbocycles.